The summed E-state index contributed by atoms with van der Waals surface area (Å²) >= 11 is 0. The van der Waals surface area contributed by atoms with Crippen LogP contribution in [0.25, 0.3) is 10.8 Å². The number of carbonyl (C=O) groups excluding carboxylic acids is 1. The molecule has 42 heavy (non-hydrogen) atoms. The van der Waals surface area contributed by atoms with Crippen LogP contribution in [0.1, 0.15) is 75.7 Å². The molecule has 0 aliphatic heterocycles. The number of ether oxygens (including phenoxy) is 1. The molecular weight excluding hydrogens is 532 g/mol. The number of nitrogens with zero attached hydrogens (tertiary/aromatic N) is 1. The van der Waals surface area contributed by atoms with Gasteiger partial charge in [0.15, 0.2) is 0 Å². The van der Waals surface area contributed by atoms with E-state index in [9.17, 15) is 19.7 Å². The highest BCUT2D eigenvalue weighted by Crippen LogP contribution is 2.23. The van der Waals surface area contributed by atoms with E-state index in [0.29, 0.717) is 18.6 Å². The van der Waals surface area contributed by atoms with Crippen molar-refractivity contribution in [2.45, 2.75) is 66.2 Å². The van der Waals surface area contributed by atoms with E-state index in [4.69, 9.17) is 9.84 Å². The molecule has 2 N–H and O–H groups in total. The van der Waals surface area contributed by atoms with E-state index in [1.54, 1.807) is 19.2 Å². The first-order valence-corrected chi connectivity index (χ1v) is 14.5. The number of non-ortho nitro benzene ring substituents is 1. The quantitative estimate of drug-likeness (QED) is 0.158. The number of fused-ring (bicyclic) bond motifs is 1. The molecule has 0 saturated carbocycles. The molecule has 0 fully saturated rings. The second kappa shape index (κ2) is 20.4. The summed E-state index contributed by atoms with van der Waals surface area (Å²) < 4.78 is 5.98. The number of benzene rings is 3. The Labute approximate surface area is 249 Å². The van der Waals surface area contributed by atoms with Crippen molar-refractivity contribution in [2.75, 3.05) is 13.7 Å². The number of nitrogens with one attached hydrogen (secondary N) is 1. The first kappa shape index (κ1) is 35.6. The fraction of sp³-hybridized carbons (Fsp3) is 0.353. The lowest BCUT2D eigenvalue weighted by Crippen LogP contribution is -2.17. The van der Waals surface area contributed by atoms with Crippen molar-refractivity contribution in [1.29, 1.82) is 0 Å². The first-order chi connectivity index (χ1) is 20.4. The van der Waals surface area contributed by atoms with Crippen molar-refractivity contribution in [2.24, 2.45) is 0 Å². The highest BCUT2D eigenvalue weighted by Gasteiger charge is 2.07. The minimum absolute atomic E-state index is 0.0177. The summed E-state index contributed by atoms with van der Waals surface area (Å²) in [5, 5.41) is 23.5. The number of allylic oxidation sites excluding steroid dienone is 3. The summed E-state index contributed by atoms with van der Waals surface area (Å²) in [7, 11) is 1.64. The summed E-state index contributed by atoms with van der Waals surface area (Å²) in [6.45, 7) is 8.65. The van der Waals surface area contributed by atoms with Crippen LogP contribution in [0.5, 0.6) is 5.75 Å². The molecule has 0 aromatic heterocycles. The van der Waals surface area contributed by atoms with Crippen LogP contribution >= 0.6 is 0 Å². The predicted molar refractivity (Wildman–Crippen MR) is 170 cm³/mol. The van der Waals surface area contributed by atoms with Crippen molar-refractivity contribution >= 4 is 28.3 Å². The number of carboxylic acids is 1. The third kappa shape index (κ3) is 12.8. The molecule has 0 spiro atoms. The number of nitro benzene ring substituents is 1. The Hall–Kier alpha value is -4.46. The highest BCUT2D eigenvalue weighted by atomic mass is 16.6. The Bertz CT molecular complexity index is 1330. The maximum Gasteiger partial charge on any atom is 0.303 e. The Morgan fingerprint density at radius 3 is 2.26 bits per heavy atom. The first-order valence-electron chi connectivity index (χ1n) is 14.5. The molecule has 4 rings (SSSR count). The fourth-order valence-electron chi connectivity index (χ4n) is 3.94. The largest absolute Gasteiger partial charge is 0.489 e. The van der Waals surface area contributed by atoms with Gasteiger partial charge in [0.25, 0.3) is 11.6 Å². The molecule has 0 saturated heterocycles. The zero-order valence-corrected chi connectivity index (χ0v) is 25.4. The van der Waals surface area contributed by atoms with E-state index in [1.807, 2.05) is 64.1 Å². The minimum Gasteiger partial charge on any atom is -0.489 e. The maximum atomic E-state index is 11.7. The molecular formula is C34H44N2O6. The molecule has 0 bridgehead atoms. The summed E-state index contributed by atoms with van der Waals surface area (Å²) in [5.74, 6) is -0.0699. The maximum absolute atomic E-state index is 11.7. The van der Waals surface area contributed by atoms with Crippen LogP contribution in [0, 0.1) is 10.1 Å². The van der Waals surface area contributed by atoms with Crippen molar-refractivity contribution < 1.29 is 24.4 Å². The van der Waals surface area contributed by atoms with Gasteiger partial charge in [0.1, 0.15) is 12.4 Å². The van der Waals surface area contributed by atoms with Crippen LogP contribution < -0.4 is 10.1 Å². The number of carbonyl (C=O) groups is 2. The van der Waals surface area contributed by atoms with Crippen LogP contribution in [0.4, 0.5) is 5.69 Å². The van der Waals surface area contributed by atoms with Gasteiger partial charge >= 0.3 is 5.97 Å². The lowest BCUT2D eigenvalue weighted by molar-refractivity contribution is -0.384. The highest BCUT2D eigenvalue weighted by molar-refractivity contribution is 5.98. The molecule has 0 atom stereocenters. The molecule has 8 nitrogen and oxygen atoms in total. The van der Waals surface area contributed by atoms with Gasteiger partial charge in [-0.25, -0.2) is 0 Å². The van der Waals surface area contributed by atoms with E-state index in [2.05, 4.69) is 23.5 Å². The number of aliphatic carboxylic acids is 1. The van der Waals surface area contributed by atoms with Gasteiger partial charge in [-0.15, -0.1) is 0 Å². The van der Waals surface area contributed by atoms with Gasteiger partial charge < -0.3 is 15.2 Å². The standard InChI is InChI=1S/C21H23NO2.C9H9NO4.2C2H6/c1-22-21(23)19-10-9-18-14-20(12-11-17(18)13-19)24-15-16-7-5-3-2-4-6-8-16;11-9(12)6-3-7-1-4-8(5-2-7)10(13)14;2*1-2/h2-3,7,9-14H,4-6,8,15H2,1H3,(H,22,23);1-2,4-5H,3,6H2,(H,11,12);2*1-2H3/b3-2-,16-7+;;;. The third-order valence-corrected chi connectivity index (χ3v) is 6.08. The van der Waals surface area contributed by atoms with Crippen LogP contribution in [0.3, 0.4) is 0 Å². The van der Waals surface area contributed by atoms with Crippen molar-refractivity contribution in [1.82, 2.24) is 5.32 Å². The smallest absolute Gasteiger partial charge is 0.303 e. The molecule has 1 aliphatic rings. The summed E-state index contributed by atoms with van der Waals surface area (Å²) in [4.78, 5) is 31.8. The zero-order chi connectivity index (χ0) is 31.3. The Morgan fingerprint density at radius 1 is 0.952 bits per heavy atom. The number of hydrogen-bond acceptors (Lipinski definition) is 5. The zero-order valence-electron chi connectivity index (χ0n) is 25.4. The summed E-state index contributed by atoms with van der Waals surface area (Å²) in [6.07, 6.45) is 11.6. The molecule has 3 aromatic rings. The van der Waals surface area contributed by atoms with Gasteiger partial charge in [-0.2, -0.15) is 0 Å². The van der Waals surface area contributed by atoms with E-state index >= 15 is 0 Å². The molecule has 0 unspecified atom stereocenters. The molecule has 0 radical (unpaired) electrons. The van der Waals surface area contributed by atoms with Crippen LogP contribution in [0.15, 0.2) is 84.5 Å². The number of carboxylic acid groups (broad SMARTS) is 1. The minimum atomic E-state index is -0.872. The van der Waals surface area contributed by atoms with Crippen molar-refractivity contribution in [3.8, 4) is 5.75 Å². The predicted octanol–water partition coefficient (Wildman–Crippen LogP) is 8.30. The van der Waals surface area contributed by atoms with Gasteiger partial charge in [-0.1, -0.05) is 70.2 Å². The van der Waals surface area contributed by atoms with E-state index in [-0.39, 0.29) is 18.0 Å². The Morgan fingerprint density at radius 2 is 1.62 bits per heavy atom. The Kier molecular flexibility index (Phi) is 17.3. The average Bonchev–Trinajstić information content (AvgIpc) is 3.01. The van der Waals surface area contributed by atoms with Gasteiger partial charge in [-0.3, -0.25) is 19.7 Å². The second-order valence-corrected chi connectivity index (χ2v) is 8.87. The Balaban J connectivity index is 0.000000419. The van der Waals surface area contributed by atoms with E-state index < -0.39 is 10.9 Å². The molecule has 8 heteroatoms. The van der Waals surface area contributed by atoms with Crippen molar-refractivity contribution in [3.05, 3.63) is 106 Å². The van der Waals surface area contributed by atoms with Crippen LogP contribution in [0.2, 0.25) is 0 Å². The molecule has 226 valence electrons. The van der Waals surface area contributed by atoms with Gasteiger partial charge in [0, 0.05) is 31.2 Å². The summed E-state index contributed by atoms with van der Waals surface area (Å²) in [5.41, 5.74) is 2.85. The monoisotopic (exact) mass is 576 g/mol. The number of amides is 1. The summed E-state index contributed by atoms with van der Waals surface area (Å²) in [6, 6.07) is 17.6. The average molecular weight is 577 g/mol. The van der Waals surface area contributed by atoms with Crippen molar-refractivity contribution in [3.63, 3.8) is 0 Å². The normalized spacial score (nSPS) is 13.9. The fourth-order valence-corrected chi connectivity index (χ4v) is 3.94. The molecule has 3 aromatic carbocycles. The number of aryl methyl sites for hydroxylation is 1. The topological polar surface area (TPSA) is 119 Å². The molecule has 0 heterocycles. The number of hydrogen-bond donors (Lipinski definition) is 2. The van der Waals surface area contributed by atoms with Gasteiger partial charge in [0.2, 0.25) is 0 Å². The van der Waals surface area contributed by atoms with Crippen LogP contribution in [-0.2, 0) is 11.2 Å². The third-order valence-electron chi connectivity index (χ3n) is 6.08. The molecule has 1 aliphatic carbocycles. The van der Waals surface area contributed by atoms with E-state index in [1.165, 1.54) is 24.1 Å². The SMILES string of the molecule is CC.CC.CNC(=O)c1ccc2cc(OC/C3=C/C/C=C\CCC3)ccc2c1.O=C(O)CCc1ccc([N+](=O)[O-])cc1. The van der Waals surface area contributed by atoms with E-state index in [0.717, 1.165) is 41.3 Å². The van der Waals surface area contributed by atoms with Gasteiger partial charge in [-0.05, 0) is 78.3 Å². The lowest BCUT2D eigenvalue weighted by atomic mass is 10.0. The lowest BCUT2D eigenvalue weighted by Gasteiger charge is -2.12. The number of nitro groups is 1. The number of rotatable bonds is 8. The van der Waals surface area contributed by atoms with Gasteiger partial charge in [0.05, 0.1) is 4.92 Å². The molecule has 1 amide bonds. The van der Waals surface area contributed by atoms with Crippen LogP contribution in [-0.4, -0.2) is 35.6 Å². The second-order valence-electron chi connectivity index (χ2n) is 8.87.